The quantitative estimate of drug-likeness (QED) is 0.771. The lowest BCUT2D eigenvalue weighted by Gasteiger charge is -2.16. The molecule has 0 bridgehead atoms. The van der Waals surface area contributed by atoms with E-state index in [2.05, 4.69) is 12.1 Å². The number of benzene rings is 2. The van der Waals surface area contributed by atoms with Gasteiger partial charge in [-0.15, -0.1) is 11.8 Å². The van der Waals surface area contributed by atoms with Crippen LogP contribution in [0.3, 0.4) is 0 Å². The summed E-state index contributed by atoms with van der Waals surface area (Å²) in [6.45, 7) is 0. The van der Waals surface area contributed by atoms with Crippen LogP contribution in [0.4, 0.5) is 5.69 Å². The highest BCUT2D eigenvalue weighted by atomic mass is 35.5. The Morgan fingerprint density at radius 3 is 2.70 bits per heavy atom. The predicted octanol–water partition coefficient (Wildman–Crippen LogP) is 4.54. The van der Waals surface area contributed by atoms with Gasteiger partial charge in [-0.05, 0) is 23.8 Å². The molecule has 0 saturated heterocycles. The number of carbonyl (C=O) groups excluding carboxylic acids is 1. The van der Waals surface area contributed by atoms with Gasteiger partial charge in [0.15, 0.2) is 0 Å². The summed E-state index contributed by atoms with van der Waals surface area (Å²) < 4.78 is 0. The second-order valence-electron chi connectivity index (χ2n) is 4.79. The van der Waals surface area contributed by atoms with Crippen LogP contribution < -0.4 is 4.90 Å². The van der Waals surface area contributed by atoms with E-state index in [1.54, 1.807) is 16.7 Å². The molecule has 102 valence electrons. The molecule has 2 aromatic carbocycles. The Morgan fingerprint density at radius 1 is 1.20 bits per heavy atom. The number of thioether (sulfide) groups is 1. The van der Waals surface area contributed by atoms with Crippen LogP contribution in [0.1, 0.15) is 17.2 Å². The van der Waals surface area contributed by atoms with Crippen molar-refractivity contribution < 1.29 is 4.79 Å². The highest BCUT2D eigenvalue weighted by Crippen LogP contribution is 2.45. The third-order valence-corrected chi connectivity index (χ3v) is 5.01. The summed E-state index contributed by atoms with van der Waals surface area (Å²) >= 11 is 7.78. The van der Waals surface area contributed by atoms with Crippen LogP contribution in [0.2, 0.25) is 5.02 Å². The maximum Gasteiger partial charge on any atom is 0.228 e. The lowest BCUT2D eigenvalue weighted by Crippen LogP contribution is -2.25. The maximum atomic E-state index is 12.3. The largest absolute Gasteiger partial charge is 0.314 e. The molecule has 1 aliphatic rings. The summed E-state index contributed by atoms with van der Waals surface area (Å²) in [7, 11) is 1.81. The van der Waals surface area contributed by atoms with Gasteiger partial charge in [0.2, 0.25) is 5.91 Å². The highest BCUT2D eigenvalue weighted by Gasteiger charge is 2.27. The van der Waals surface area contributed by atoms with Gasteiger partial charge < -0.3 is 4.90 Å². The SMILES string of the molecule is CN1C(=O)C[C@H](c2ccccc2)Sc2ccc(Cl)cc21. The smallest absolute Gasteiger partial charge is 0.228 e. The zero-order valence-corrected chi connectivity index (χ0v) is 12.6. The molecule has 1 heterocycles. The lowest BCUT2D eigenvalue weighted by molar-refractivity contribution is -0.118. The first kappa shape index (κ1) is 13.5. The molecule has 4 heteroatoms. The van der Waals surface area contributed by atoms with Crippen molar-refractivity contribution in [1.82, 2.24) is 0 Å². The van der Waals surface area contributed by atoms with Crippen LogP contribution >= 0.6 is 23.4 Å². The standard InChI is InChI=1S/C16H14ClNOS/c1-18-13-9-12(17)7-8-14(13)20-15(10-16(18)19)11-5-3-2-4-6-11/h2-9,15H,10H2,1H3/t15-/m1/s1. The van der Waals surface area contributed by atoms with E-state index in [0.29, 0.717) is 11.4 Å². The molecule has 2 aromatic rings. The number of amides is 1. The van der Waals surface area contributed by atoms with Crippen LogP contribution in [0.5, 0.6) is 0 Å². The Hall–Kier alpha value is -1.45. The first-order valence-corrected chi connectivity index (χ1v) is 7.68. The molecule has 0 spiro atoms. The minimum atomic E-state index is 0.118. The van der Waals surface area contributed by atoms with Crippen LogP contribution in [0.25, 0.3) is 0 Å². The van der Waals surface area contributed by atoms with Gasteiger partial charge in [-0.1, -0.05) is 41.9 Å². The third-order valence-electron chi connectivity index (χ3n) is 3.46. The normalized spacial score (nSPS) is 18.6. The summed E-state index contributed by atoms with van der Waals surface area (Å²) in [4.78, 5) is 15.1. The van der Waals surface area contributed by atoms with Gasteiger partial charge in [-0.3, -0.25) is 4.79 Å². The summed E-state index contributed by atoms with van der Waals surface area (Å²) in [6, 6.07) is 15.9. The topological polar surface area (TPSA) is 20.3 Å². The van der Waals surface area contributed by atoms with E-state index in [-0.39, 0.29) is 11.2 Å². The Labute approximate surface area is 127 Å². The van der Waals surface area contributed by atoms with Gasteiger partial charge >= 0.3 is 0 Å². The molecule has 1 amide bonds. The zero-order chi connectivity index (χ0) is 14.1. The van der Waals surface area contributed by atoms with Crippen molar-refractivity contribution >= 4 is 35.0 Å². The van der Waals surface area contributed by atoms with E-state index in [0.717, 1.165) is 10.6 Å². The van der Waals surface area contributed by atoms with Crippen molar-refractivity contribution in [3.8, 4) is 0 Å². The van der Waals surface area contributed by atoms with Crippen molar-refractivity contribution in [3.63, 3.8) is 0 Å². The number of nitrogens with zero attached hydrogens (tertiary/aromatic N) is 1. The summed E-state index contributed by atoms with van der Waals surface area (Å²) in [5.74, 6) is 0.118. The molecule has 3 rings (SSSR count). The Balaban J connectivity index is 2.03. The first-order chi connectivity index (χ1) is 9.65. The van der Waals surface area contributed by atoms with Crippen molar-refractivity contribution in [1.29, 1.82) is 0 Å². The fourth-order valence-corrected chi connectivity index (χ4v) is 3.79. The van der Waals surface area contributed by atoms with E-state index in [9.17, 15) is 4.79 Å². The second kappa shape index (κ2) is 5.51. The van der Waals surface area contributed by atoms with Crippen LogP contribution in [-0.4, -0.2) is 13.0 Å². The molecular formula is C16H14ClNOS. The maximum absolute atomic E-state index is 12.3. The summed E-state index contributed by atoms with van der Waals surface area (Å²) in [5.41, 5.74) is 2.08. The van der Waals surface area contributed by atoms with Crippen LogP contribution in [0, 0.1) is 0 Å². The lowest BCUT2D eigenvalue weighted by atomic mass is 10.1. The van der Waals surface area contributed by atoms with Gasteiger partial charge in [-0.25, -0.2) is 0 Å². The average Bonchev–Trinajstić information content (AvgIpc) is 2.59. The molecule has 0 N–H and O–H groups in total. The number of carbonyl (C=O) groups is 1. The van der Waals surface area contributed by atoms with E-state index in [1.165, 1.54) is 5.56 Å². The fraction of sp³-hybridized carbons (Fsp3) is 0.188. The molecule has 0 radical (unpaired) electrons. The number of fused-ring (bicyclic) bond motifs is 1. The van der Waals surface area contributed by atoms with E-state index < -0.39 is 0 Å². The molecule has 0 aromatic heterocycles. The molecular weight excluding hydrogens is 290 g/mol. The molecule has 0 aliphatic carbocycles. The monoisotopic (exact) mass is 303 g/mol. The molecule has 0 saturated carbocycles. The minimum absolute atomic E-state index is 0.118. The third kappa shape index (κ3) is 2.56. The molecule has 1 aliphatic heterocycles. The molecule has 0 unspecified atom stereocenters. The van der Waals surface area contributed by atoms with Crippen molar-refractivity contribution in [2.75, 3.05) is 11.9 Å². The first-order valence-electron chi connectivity index (χ1n) is 6.43. The van der Waals surface area contributed by atoms with Gasteiger partial charge in [0.25, 0.3) is 0 Å². The molecule has 2 nitrogen and oxygen atoms in total. The van der Waals surface area contributed by atoms with Crippen LogP contribution in [-0.2, 0) is 4.79 Å². The Bertz CT molecular complexity index is 644. The summed E-state index contributed by atoms with van der Waals surface area (Å²) in [5, 5.41) is 0.802. The number of halogens is 1. The van der Waals surface area contributed by atoms with Crippen molar-refractivity contribution in [3.05, 3.63) is 59.1 Å². The highest BCUT2D eigenvalue weighted by molar-refractivity contribution is 7.99. The molecule has 0 fully saturated rings. The zero-order valence-electron chi connectivity index (χ0n) is 11.0. The number of hydrogen-bond donors (Lipinski definition) is 0. The van der Waals surface area contributed by atoms with Crippen molar-refractivity contribution in [2.24, 2.45) is 0 Å². The van der Waals surface area contributed by atoms with E-state index >= 15 is 0 Å². The van der Waals surface area contributed by atoms with Crippen LogP contribution in [0.15, 0.2) is 53.4 Å². The van der Waals surface area contributed by atoms with E-state index in [4.69, 9.17) is 11.6 Å². The minimum Gasteiger partial charge on any atom is -0.314 e. The van der Waals surface area contributed by atoms with Gasteiger partial charge in [0.05, 0.1) is 5.69 Å². The predicted molar refractivity (Wildman–Crippen MR) is 84.5 cm³/mol. The number of anilines is 1. The average molecular weight is 304 g/mol. The van der Waals surface area contributed by atoms with Gasteiger partial charge in [0.1, 0.15) is 0 Å². The Morgan fingerprint density at radius 2 is 1.95 bits per heavy atom. The molecule has 20 heavy (non-hydrogen) atoms. The second-order valence-corrected chi connectivity index (χ2v) is 6.47. The van der Waals surface area contributed by atoms with Gasteiger partial charge in [-0.2, -0.15) is 0 Å². The summed E-state index contributed by atoms with van der Waals surface area (Å²) in [6.07, 6.45) is 0.497. The Kier molecular flexibility index (Phi) is 3.72. The fourth-order valence-electron chi connectivity index (χ4n) is 2.33. The number of hydrogen-bond acceptors (Lipinski definition) is 2. The number of rotatable bonds is 1. The van der Waals surface area contributed by atoms with Gasteiger partial charge in [0, 0.05) is 28.6 Å². The molecule has 1 atom stereocenters. The van der Waals surface area contributed by atoms with Crippen molar-refractivity contribution in [2.45, 2.75) is 16.6 Å². The van der Waals surface area contributed by atoms with E-state index in [1.807, 2.05) is 43.4 Å².